The Kier molecular flexibility index (Phi) is 8.20. The van der Waals surface area contributed by atoms with Crippen LogP contribution in [-0.2, 0) is 10.0 Å². The first-order chi connectivity index (χ1) is 13.1. The summed E-state index contributed by atoms with van der Waals surface area (Å²) < 4.78 is 25.9. The third-order valence-electron chi connectivity index (χ3n) is 5.30. The van der Waals surface area contributed by atoms with Gasteiger partial charge in [-0.25, -0.2) is 12.7 Å². The van der Waals surface area contributed by atoms with Crippen LogP contribution in [0.1, 0.15) is 56.3 Å². The molecular formula is C20H30Cl2N2O3S. The Hall–Kier alpha value is -0.820. The first-order valence-electron chi connectivity index (χ1n) is 9.73. The lowest BCUT2D eigenvalue weighted by Gasteiger charge is -2.32. The van der Waals surface area contributed by atoms with Gasteiger partial charge in [0.05, 0.1) is 16.3 Å². The second-order valence-corrected chi connectivity index (χ2v) is 11.2. The molecule has 1 atom stereocenters. The van der Waals surface area contributed by atoms with E-state index in [2.05, 4.69) is 12.2 Å². The Balaban J connectivity index is 2.00. The van der Waals surface area contributed by atoms with Gasteiger partial charge in [0, 0.05) is 25.2 Å². The van der Waals surface area contributed by atoms with Gasteiger partial charge in [0.1, 0.15) is 0 Å². The molecule has 0 spiro atoms. The Labute approximate surface area is 178 Å². The molecule has 0 radical (unpaired) electrons. The van der Waals surface area contributed by atoms with E-state index in [1.165, 1.54) is 17.1 Å². The first-order valence-corrected chi connectivity index (χ1v) is 12.1. The lowest BCUT2D eigenvalue weighted by molar-refractivity contribution is 0.0924. The Morgan fingerprint density at radius 1 is 1.32 bits per heavy atom. The second kappa shape index (κ2) is 9.79. The van der Waals surface area contributed by atoms with Crippen LogP contribution in [0.15, 0.2) is 18.2 Å². The fourth-order valence-corrected chi connectivity index (χ4v) is 5.02. The molecule has 0 aliphatic heterocycles. The standard InChI is InChI=1S/C20H30Cl2N2O3S/c1-4-11-28(26,27)24(3)10-9-20(2,13-15-5-6-15)14-23-19(25)17-8-7-16(21)12-18(17)22/h7-8,12,15H,4-6,9-11,13-14H2,1-3H3,(H,23,25). The van der Waals surface area contributed by atoms with E-state index in [0.717, 1.165) is 6.42 Å². The zero-order valence-corrected chi connectivity index (χ0v) is 19.1. The van der Waals surface area contributed by atoms with Crippen molar-refractivity contribution in [1.29, 1.82) is 0 Å². The van der Waals surface area contributed by atoms with Crippen LogP contribution in [0.25, 0.3) is 0 Å². The summed E-state index contributed by atoms with van der Waals surface area (Å²) in [5.41, 5.74) is 0.216. The van der Waals surface area contributed by atoms with Crippen LogP contribution in [-0.4, -0.2) is 44.5 Å². The minimum Gasteiger partial charge on any atom is -0.351 e. The highest BCUT2D eigenvalue weighted by Gasteiger charge is 2.34. The van der Waals surface area contributed by atoms with Crippen LogP contribution < -0.4 is 5.32 Å². The molecule has 0 aromatic heterocycles. The highest BCUT2D eigenvalue weighted by molar-refractivity contribution is 7.89. The normalized spacial score (nSPS) is 16.8. The molecule has 1 saturated carbocycles. The number of halogens is 2. The van der Waals surface area contributed by atoms with Crippen LogP contribution in [0.5, 0.6) is 0 Å². The van der Waals surface area contributed by atoms with E-state index < -0.39 is 10.0 Å². The number of hydrogen-bond donors (Lipinski definition) is 1. The predicted molar refractivity (Wildman–Crippen MR) is 116 cm³/mol. The van der Waals surface area contributed by atoms with Gasteiger partial charge in [0.2, 0.25) is 10.0 Å². The molecule has 5 nitrogen and oxygen atoms in total. The number of amides is 1. The van der Waals surface area contributed by atoms with E-state index in [0.29, 0.717) is 47.5 Å². The molecule has 1 unspecified atom stereocenters. The van der Waals surface area contributed by atoms with E-state index in [4.69, 9.17) is 23.2 Å². The number of hydrogen-bond acceptors (Lipinski definition) is 3. The minimum absolute atomic E-state index is 0.161. The van der Waals surface area contributed by atoms with Gasteiger partial charge in [0.15, 0.2) is 0 Å². The van der Waals surface area contributed by atoms with Crippen LogP contribution in [0.4, 0.5) is 0 Å². The number of carbonyl (C=O) groups is 1. The van der Waals surface area contributed by atoms with Crippen molar-refractivity contribution in [3.63, 3.8) is 0 Å². The van der Waals surface area contributed by atoms with Gasteiger partial charge < -0.3 is 5.32 Å². The summed E-state index contributed by atoms with van der Waals surface area (Å²) >= 11 is 12.0. The highest BCUT2D eigenvalue weighted by atomic mass is 35.5. The predicted octanol–water partition coefficient (Wildman–Crippen LogP) is 4.59. The fourth-order valence-electron chi connectivity index (χ4n) is 3.32. The molecule has 2 rings (SSSR count). The molecule has 1 aromatic carbocycles. The van der Waals surface area contributed by atoms with Crippen molar-refractivity contribution in [3.05, 3.63) is 33.8 Å². The van der Waals surface area contributed by atoms with Crippen LogP contribution in [0.2, 0.25) is 10.0 Å². The zero-order chi connectivity index (χ0) is 20.9. The Morgan fingerprint density at radius 2 is 2.00 bits per heavy atom. The summed E-state index contributed by atoms with van der Waals surface area (Å²) in [7, 11) is -1.58. The third-order valence-corrected chi connectivity index (χ3v) is 7.90. The van der Waals surface area contributed by atoms with E-state index >= 15 is 0 Å². The summed E-state index contributed by atoms with van der Waals surface area (Å²) in [5.74, 6) is 0.587. The first kappa shape index (κ1) is 23.5. The number of rotatable bonds is 11. The molecule has 0 bridgehead atoms. The average molecular weight is 449 g/mol. The maximum absolute atomic E-state index is 12.6. The maximum Gasteiger partial charge on any atom is 0.252 e. The number of nitrogens with one attached hydrogen (secondary N) is 1. The second-order valence-electron chi connectivity index (χ2n) is 8.15. The minimum atomic E-state index is -3.21. The summed E-state index contributed by atoms with van der Waals surface area (Å²) in [6.45, 7) is 4.90. The lowest BCUT2D eigenvalue weighted by Crippen LogP contribution is -2.39. The number of nitrogens with zero attached hydrogens (tertiary/aromatic N) is 1. The third kappa shape index (κ3) is 6.90. The van der Waals surface area contributed by atoms with Crippen LogP contribution in [0.3, 0.4) is 0 Å². The summed E-state index contributed by atoms with van der Waals surface area (Å²) in [6, 6.07) is 4.80. The molecule has 1 amide bonds. The zero-order valence-electron chi connectivity index (χ0n) is 16.8. The van der Waals surface area contributed by atoms with Crippen LogP contribution >= 0.6 is 23.2 Å². The molecule has 28 heavy (non-hydrogen) atoms. The van der Waals surface area contributed by atoms with Gasteiger partial charge in [-0.3, -0.25) is 4.79 Å². The average Bonchev–Trinajstić information content (AvgIpc) is 3.41. The molecule has 1 fully saturated rings. The van der Waals surface area contributed by atoms with Crippen molar-refractivity contribution >= 4 is 39.1 Å². The topological polar surface area (TPSA) is 66.5 Å². The van der Waals surface area contributed by atoms with E-state index in [9.17, 15) is 13.2 Å². The van der Waals surface area contributed by atoms with E-state index in [1.807, 2.05) is 6.92 Å². The van der Waals surface area contributed by atoms with Crippen molar-refractivity contribution in [2.45, 2.75) is 46.0 Å². The van der Waals surface area contributed by atoms with Crippen molar-refractivity contribution in [3.8, 4) is 0 Å². The molecule has 1 aromatic rings. The van der Waals surface area contributed by atoms with Gasteiger partial charge in [-0.2, -0.15) is 0 Å². The van der Waals surface area contributed by atoms with Gasteiger partial charge in [-0.05, 0) is 48.8 Å². The molecule has 0 saturated heterocycles. The molecule has 158 valence electrons. The van der Waals surface area contributed by atoms with E-state index in [-0.39, 0.29) is 17.1 Å². The largest absolute Gasteiger partial charge is 0.351 e. The molecular weight excluding hydrogens is 419 g/mol. The summed E-state index contributed by atoms with van der Waals surface area (Å²) in [6.07, 6.45) is 4.68. The van der Waals surface area contributed by atoms with Crippen molar-refractivity contribution < 1.29 is 13.2 Å². The number of carbonyl (C=O) groups excluding carboxylic acids is 1. The molecule has 1 N–H and O–H groups in total. The molecule has 0 heterocycles. The van der Waals surface area contributed by atoms with Crippen LogP contribution in [0, 0.1) is 11.3 Å². The number of benzene rings is 1. The smallest absolute Gasteiger partial charge is 0.252 e. The monoisotopic (exact) mass is 448 g/mol. The highest BCUT2D eigenvalue weighted by Crippen LogP contribution is 2.42. The maximum atomic E-state index is 12.6. The Morgan fingerprint density at radius 3 is 2.57 bits per heavy atom. The fraction of sp³-hybridized carbons (Fsp3) is 0.650. The summed E-state index contributed by atoms with van der Waals surface area (Å²) in [5, 5.41) is 3.79. The van der Waals surface area contributed by atoms with Gasteiger partial charge in [0.25, 0.3) is 5.91 Å². The molecule has 1 aliphatic carbocycles. The van der Waals surface area contributed by atoms with E-state index in [1.54, 1.807) is 25.2 Å². The lowest BCUT2D eigenvalue weighted by atomic mass is 9.81. The quantitative estimate of drug-likeness (QED) is 0.537. The van der Waals surface area contributed by atoms with Crippen molar-refractivity contribution in [2.75, 3.05) is 25.9 Å². The van der Waals surface area contributed by atoms with Gasteiger partial charge >= 0.3 is 0 Å². The van der Waals surface area contributed by atoms with Crippen molar-refractivity contribution in [2.24, 2.45) is 11.3 Å². The molecule has 1 aliphatic rings. The van der Waals surface area contributed by atoms with Gasteiger partial charge in [-0.1, -0.05) is 49.9 Å². The summed E-state index contributed by atoms with van der Waals surface area (Å²) in [4.78, 5) is 12.6. The van der Waals surface area contributed by atoms with Crippen molar-refractivity contribution in [1.82, 2.24) is 9.62 Å². The number of sulfonamides is 1. The SMILES string of the molecule is CCCS(=O)(=O)N(C)CCC(C)(CNC(=O)c1ccc(Cl)cc1Cl)CC1CC1. The van der Waals surface area contributed by atoms with Gasteiger partial charge in [-0.15, -0.1) is 0 Å². The molecule has 8 heteroatoms. The Bertz CT molecular complexity index is 797.